The van der Waals surface area contributed by atoms with Crippen LogP contribution in [0.4, 0.5) is 0 Å². The van der Waals surface area contributed by atoms with Crippen molar-refractivity contribution in [2.24, 2.45) is 5.10 Å². The van der Waals surface area contributed by atoms with Crippen LogP contribution in [0.2, 0.25) is 0 Å². The minimum Gasteiger partial charge on any atom is -0.267 e. The maximum Gasteiger partial charge on any atom is 0.272 e. The largest absolute Gasteiger partial charge is 0.272 e. The molecule has 0 aliphatic carbocycles. The van der Waals surface area contributed by atoms with E-state index in [2.05, 4.69) is 40.0 Å². The second-order valence-corrected chi connectivity index (χ2v) is 6.46. The highest BCUT2D eigenvalue weighted by Crippen LogP contribution is 2.12. The molecule has 0 saturated heterocycles. The van der Waals surface area contributed by atoms with Crippen LogP contribution in [0.1, 0.15) is 48.5 Å². The monoisotopic (exact) mass is 420 g/mol. The van der Waals surface area contributed by atoms with E-state index >= 15 is 0 Å². The summed E-state index contributed by atoms with van der Waals surface area (Å²) < 4.78 is 0.921. The minimum absolute atomic E-state index is 0.168. The molecule has 0 spiro atoms. The highest BCUT2D eigenvalue weighted by atomic mass is 127. The zero-order valence-corrected chi connectivity index (χ0v) is 15.4. The van der Waals surface area contributed by atoms with Crippen LogP contribution in [0.5, 0.6) is 0 Å². The molecule has 2 rings (SSSR count). The van der Waals surface area contributed by atoms with Crippen LogP contribution in [-0.4, -0.2) is 11.6 Å². The maximum atomic E-state index is 12.3. The topological polar surface area (TPSA) is 41.5 Å². The van der Waals surface area contributed by atoms with E-state index in [1.54, 1.807) is 0 Å². The molecule has 23 heavy (non-hydrogen) atoms. The minimum atomic E-state index is -0.168. The standard InChI is InChI=1S/C19H21IN2O/c1-2-3-5-14-18(15-10-6-4-7-11-15)21-22-19(23)16-12-8-9-13-17(16)20/h4,6-13H,2-3,5,14H2,1H3,(H,22,23)/b21-18-. The van der Waals surface area contributed by atoms with Crippen LogP contribution in [0.3, 0.4) is 0 Å². The number of nitrogens with zero attached hydrogens (tertiary/aromatic N) is 1. The molecule has 0 aliphatic rings. The molecule has 2 aromatic carbocycles. The molecule has 0 aliphatic heterocycles. The molecule has 2 aromatic rings. The lowest BCUT2D eigenvalue weighted by Gasteiger charge is -2.08. The van der Waals surface area contributed by atoms with Gasteiger partial charge in [0.15, 0.2) is 0 Å². The van der Waals surface area contributed by atoms with E-state index in [0.29, 0.717) is 5.56 Å². The number of hydrogen-bond donors (Lipinski definition) is 1. The van der Waals surface area contributed by atoms with Gasteiger partial charge in [0, 0.05) is 3.57 Å². The molecule has 120 valence electrons. The van der Waals surface area contributed by atoms with E-state index in [1.807, 2.05) is 54.6 Å². The Balaban J connectivity index is 2.13. The highest BCUT2D eigenvalue weighted by Gasteiger charge is 2.09. The lowest BCUT2D eigenvalue weighted by atomic mass is 10.0. The van der Waals surface area contributed by atoms with Crippen LogP contribution in [0, 0.1) is 3.57 Å². The predicted molar refractivity (Wildman–Crippen MR) is 104 cm³/mol. The fourth-order valence-electron chi connectivity index (χ4n) is 2.26. The van der Waals surface area contributed by atoms with Crippen molar-refractivity contribution in [3.8, 4) is 0 Å². The van der Waals surface area contributed by atoms with Gasteiger partial charge in [0.1, 0.15) is 0 Å². The second-order valence-electron chi connectivity index (χ2n) is 5.30. The number of carbonyl (C=O) groups is 1. The van der Waals surface area contributed by atoms with Crippen molar-refractivity contribution in [3.63, 3.8) is 0 Å². The maximum absolute atomic E-state index is 12.3. The van der Waals surface area contributed by atoms with Crippen molar-refractivity contribution in [1.82, 2.24) is 5.43 Å². The summed E-state index contributed by atoms with van der Waals surface area (Å²) in [5.41, 5.74) is 5.35. The number of benzene rings is 2. The van der Waals surface area contributed by atoms with E-state index in [-0.39, 0.29) is 5.91 Å². The van der Waals surface area contributed by atoms with Crippen molar-refractivity contribution < 1.29 is 4.79 Å². The lowest BCUT2D eigenvalue weighted by Crippen LogP contribution is -2.21. The fourth-order valence-corrected chi connectivity index (χ4v) is 2.89. The van der Waals surface area contributed by atoms with Gasteiger partial charge in [-0.05, 0) is 53.1 Å². The number of amides is 1. The molecule has 0 heterocycles. The number of hydrogen-bond acceptors (Lipinski definition) is 2. The first-order valence-electron chi connectivity index (χ1n) is 7.89. The van der Waals surface area contributed by atoms with Crippen LogP contribution in [0.15, 0.2) is 59.7 Å². The van der Waals surface area contributed by atoms with Gasteiger partial charge in [-0.3, -0.25) is 4.79 Å². The predicted octanol–water partition coefficient (Wildman–Crippen LogP) is 5.01. The quantitative estimate of drug-likeness (QED) is 0.291. The SMILES string of the molecule is CCCCC/C(=N/NC(=O)c1ccccc1I)c1ccccc1. The first-order chi connectivity index (χ1) is 11.2. The summed E-state index contributed by atoms with van der Waals surface area (Å²) in [5, 5.41) is 4.40. The third kappa shape index (κ3) is 5.46. The summed E-state index contributed by atoms with van der Waals surface area (Å²) >= 11 is 2.16. The average Bonchev–Trinajstić information content (AvgIpc) is 2.59. The van der Waals surface area contributed by atoms with Crippen LogP contribution in [-0.2, 0) is 0 Å². The fraction of sp³-hybridized carbons (Fsp3) is 0.263. The van der Waals surface area contributed by atoms with Gasteiger partial charge in [-0.15, -0.1) is 0 Å². The summed E-state index contributed by atoms with van der Waals surface area (Å²) in [4.78, 5) is 12.3. The number of unbranched alkanes of at least 4 members (excludes halogenated alkanes) is 2. The summed E-state index contributed by atoms with van der Waals surface area (Å²) in [6, 6.07) is 17.5. The molecule has 1 amide bonds. The van der Waals surface area contributed by atoms with Gasteiger partial charge in [-0.2, -0.15) is 5.10 Å². The normalized spacial score (nSPS) is 11.3. The van der Waals surface area contributed by atoms with Crippen molar-refractivity contribution in [1.29, 1.82) is 0 Å². The van der Waals surface area contributed by atoms with Gasteiger partial charge >= 0.3 is 0 Å². The molecule has 1 N–H and O–H groups in total. The summed E-state index contributed by atoms with van der Waals surface area (Å²) in [7, 11) is 0. The first-order valence-corrected chi connectivity index (χ1v) is 8.97. The van der Waals surface area contributed by atoms with E-state index in [0.717, 1.165) is 40.5 Å². The molecule has 4 heteroatoms. The van der Waals surface area contributed by atoms with E-state index in [1.165, 1.54) is 0 Å². The molecule has 0 unspecified atom stereocenters. The third-order valence-electron chi connectivity index (χ3n) is 3.54. The molecular weight excluding hydrogens is 399 g/mol. The zero-order chi connectivity index (χ0) is 16.5. The van der Waals surface area contributed by atoms with Crippen LogP contribution < -0.4 is 5.43 Å². The van der Waals surface area contributed by atoms with Crippen molar-refractivity contribution >= 4 is 34.2 Å². The van der Waals surface area contributed by atoms with Crippen molar-refractivity contribution in [2.75, 3.05) is 0 Å². The van der Waals surface area contributed by atoms with Crippen LogP contribution in [0.25, 0.3) is 0 Å². The lowest BCUT2D eigenvalue weighted by molar-refractivity contribution is 0.0954. The number of hydrazone groups is 1. The number of halogens is 1. The summed E-state index contributed by atoms with van der Waals surface area (Å²) in [6.45, 7) is 2.18. The molecule has 0 saturated carbocycles. The Kier molecular flexibility index (Phi) is 7.26. The second kappa shape index (κ2) is 9.45. The van der Waals surface area contributed by atoms with Gasteiger partial charge in [0.2, 0.25) is 0 Å². The molecule has 0 fully saturated rings. The molecule has 0 aromatic heterocycles. The number of carbonyl (C=O) groups excluding carboxylic acids is 1. The first kappa shape index (κ1) is 17.7. The van der Waals surface area contributed by atoms with Crippen molar-refractivity contribution in [3.05, 3.63) is 69.3 Å². The highest BCUT2D eigenvalue weighted by molar-refractivity contribution is 14.1. The van der Waals surface area contributed by atoms with Gasteiger partial charge in [0.25, 0.3) is 5.91 Å². The Labute approximate surface area is 151 Å². The van der Waals surface area contributed by atoms with E-state index < -0.39 is 0 Å². The molecule has 0 bridgehead atoms. The van der Waals surface area contributed by atoms with Crippen LogP contribution >= 0.6 is 22.6 Å². The number of rotatable bonds is 7. The number of nitrogens with one attached hydrogen (secondary N) is 1. The Morgan fingerprint density at radius 3 is 2.43 bits per heavy atom. The van der Waals surface area contributed by atoms with Gasteiger partial charge in [0.05, 0.1) is 11.3 Å². The average molecular weight is 420 g/mol. The van der Waals surface area contributed by atoms with Gasteiger partial charge < -0.3 is 0 Å². The summed E-state index contributed by atoms with van der Waals surface area (Å²) in [6.07, 6.45) is 4.26. The smallest absolute Gasteiger partial charge is 0.267 e. The van der Waals surface area contributed by atoms with E-state index in [4.69, 9.17) is 0 Å². The molecule has 0 atom stereocenters. The molecule has 3 nitrogen and oxygen atoms in total. The molecule has 0 radical (unpaired) electrons. The van der Waals surface area contributed by atoms with Crippen molar-refractivity contribution in [2.45, 2.75) is 32.6 Å². The Hall–Kier alpha value is -1.69. The third-order valence-corrected chi connectivity index (χ3v) is 4.48. The van der Waals surface area contributed by atoms with E-state index in [9.17, 15) is 4.79 Å². The Morgan fingerprint density at radius 2 is 1.74 bits per heavy atom. The summed E-state index contributed by atoms with van der Waals surface area (Å²) in [5.74, 6) is -0.168. The Morgan fingerprint density at radius 1 is 1.04 bits per heavy atom. The zero-order valence-electron chi connectivity index (χ0n) is 13.3. The molecular formula is C19H21IN2O. The van der Waals surface area contributed by atoms with Gasteiger partial charge in [-0.1, -0.05) is 62.2 Å². The van der Waals surface area contributed by atoms with Gasteiger partial charge in [-0.25, -0.2) is 5.43 Å². The Bertz CT molecular complexity index is 668.